The highest BCUT2D eigenvalue weighted by Gasteiger charge is 2.40. The second kappa shape index (κ2) is 7.32. The highest BCUT2D eigenvalue weighted by Crippen LogP contribution is 2.39. The van der Waals surface area contributed by atoms with Gasteiger partial charge in [0, 0.05) is 31.5 Å². The minimum absolute atomic E-state index is 0.0753. The number of hydrogen-bond acceptors (Lipinski definition) is 6. The fraction of sp³-hybridized carbons (Fsp3) is 0.312. The molecular weight excluding hydrogens is 332 g/mol. The highest BCUT2D eigenvalue weighted by atomic mass is 16.7. The number of carboxylic acids is 2. The minimum Gasteiger partial charge on any atom is -0.619 e. The molecule has 0 saturated carbocycles. The lowest BCUT2D eigenvalue weighted by Crippen LogP contribution is -2.38. The number of hydrogen-bond donors (Lipinski definition) is 3. The van der Waals surface area contributed by atoms with E-state index in [0.29, 0.717) is 4.73 Å². The Morgan fingerprint density at radius 3 is 2.32 bits per heavy atom. The van der Waals surface area contributed by atoms with E-state index in [1.165, 1.54) is 39.5 Å². The van der Waals surface area contributed by atoms with Gasteiger partial charge in [0.15, 0.2) is 18.7 Å². The number of carboxylic acid groups (broad SMARTS) is 2. The average Bonchev–Trinajstić information content (AvgIpc) is 2.54. The smallest absolute Gasteiger partial charge is 0.334 e. The minimum atomic E-state index is -1.35. The molecule has 3 N–H and O–H groups in total. The summed E-state index contributed by atoms with van der Waals surface area (Å²) in [6.07, 6.45) is 1.32. The summed E-state index contributed by atoms with van der Waals surface area (Å²) in [6.45, 7) is 1.51. The fourth-order valence-corrected chi connectivity index (χ4v) is 2.87. The van der Waals surface area contributed by atoms with Crippen LogP contribution < -0.4 is 10.0 Å². The van der Waals surface area contributed by atoms with E-state index in [2.05, 4.69) is 5.32 Å². The lowest BCUT2D eigenvalue weighted by molar-refractivity contribution is -0.605. The van der Waals surface area contributed by atoms with Gasteiger partial charge in [0.05, 0.1) is 22.8 Å². The third-order valence-electron chi connectivity index (χ3n) is 3.85. The second-order valence-electron chi connectivity index (χ2n) is 5.33. The van der Waals surface area contributed by atoms with Crippen LogP contribution in [0.15, 0.2) is 47.1 Å². The van der Waals surface area contributed by atoms with E-state index >= 15 is 0 Å². The van der Waals surface area contributed by atoms with Crippen molar-refractivity contribution in [2.45, 2.75) is 19.1 Å². The maximum absolute atomic E-state index is 11.9. The van der Waals surface area contributed by atoms with Crippen LogP contribution in [0.3, 0.4) is 0 Å². The molecule has 0 radical (unpaired) electrons. The molecule has 0 aliphatic carbocycles. The maximum atomic E-state index is 11.9. The molecule has 1 atom stereocenters. The van der Waals surface area contributed by atoms with Gasteiger partial charge in [-0.3, -0.25) is 0 Å². The fourth-order valence-electron chi connectivity index (χ4n) is 2.87. The van der Waals surface area contributed by atoms with Gasteiger partial charge in [0.25, 0.3) is 0 Å². The van der Waals surface area contributed by atoms with E-state index in [-0.39, 0.29) is 28.1 Å². The SMILES string of the molecule is COC(OC)C1=C(C(=O)O)C(c2ccc[n+]([O-])c2)C(C(=O)O)=C(C)N1. The molecule has 1 unspecified atom stereocenters. The average molecular weight is 350 g/mol. The molecule has 9 nitrogen and oxygen atoms in total. The summed E-state index contributed by atoms with van der Waals surface area (Å²) >= 11 is 0. The van der Waals surface area contributed by atoms with Crippen LogP contribution in [0.1, 0.15) is 18.4 Å². The summed E-state index contributed by atoms with van der Waals surface area (Å²) in [5, 5.41) is 33.7. The molecule has 134 valence electrons. The van der Waals surface area contributed by atoms with E-state index in [1.54, 1.807) is 0 Å². The molecule has 1 aromatic heterocycles. The number of aliphatic carboxylic acids is 2. The molecule has 0 spiro atoms. The Balaban J connectivity index is 2.77. The number of aromatic nitrogens is 1. The Morgan fingerprint density at radius 1 is 1.24 bits per heavy atom. The summed E-state index contributed by atoms with van der Waals surface area (Å²) < 4.78 is 10.7. The van der Waals surface area contributed by atoms with Crippen molar-refractivity contribution in [3.63, 3.8) is 0 Å². The monoisotopic (exact) mass is 350 g/mol. The summed E-state index contributed by atoms with van der Waals surface area (Å²) in [6, 6.07) is 2.91. The molecular formula is C16H18N2O7. The Hall–Kier alpha value is -2.91. The third kappa shape index (κ3) is 3.47. The number of allylic oxidation sites excluding steroid dienone is 1. The van der Waals surface area contributed by atoms with Crippen molar-refractivity contribution in [2.24, 2.45) is 0 Å². The number of pyridine rings is 1. The van der Waals surface area contributed by atoms with Gasteiger partial charge in [-0.25, -0.2) is 9.59 Å². The molecule has 9 heteroatoms. The van der Waals surface area contributed by atoms with Crippen molar-refractivity contribution in [3.8, 4) is 0 Å². The van der Waals surface area contributed by atoms with Crippen molar-refractivity contribution in [1.82, 2.24) is 5.32 Å². The molecule has 1 aromatic rings. The Labute approximate surface area is 143 Å². The van der Waals surface area contributed by atoms with Crippen molar-refractivity contribution < 1.29 is 34.0 Å². The molecule has 0 amide bonds. The van der Waals surface area contributed by atoms with E-state index in [4.69, 9.17) is 9.47 Å². The molecule has 0 bridgehead atoms. The normalized spacial score (nSPS) is 17.7. The Kier molecular flexibility index (Phi) is 5.40. The maximum Gasteiger partial charge on any atom is 0.334 e. The zero-order valence-electron chi connectivity index (χ0n) is 13.8. The molecule has 1 aliphatic rings. The number of nitrogens with one attached hydrogen (secondary N) is 1. The number of methoxy groups -OCH3 is 2. The number of carbonyl (C=O) groups is 2. The van der Waals surface area contributed by atoms with Gasteiger partial charge >= 0.3 is 11.9 Å². The molecule has 2 rings (SSSR count). The Morgan fingerprint density at radius 2 is 1.84 bits per heavy atom. The highest BCUT2D eigenvalue weighted by molar-refractivity contribution is 5.98. The van der Waals surface area contributed by atoms with Gasteiger partial charge in [-0.15, -0.1) is 0 Å². The zero-order valence-corrected chi connectivity index (χ0v) is 13.8. The lowest BCUT2D eigenvalue weighted by atomic mass is 9.80. The number of ether oxygens (including phenoxy) is 2. The quantitative estimate of drug-likeness (QED) is 0.380. The number of rotatable bonds is 6. The first-order valence-corrected chi connectivity index (χ1v) is 7.24. The van der Waals surface area contributed by atoms with Crippen LogP contribution in [-0.2, 0) is 19.1 Å². The van der Waals surface area contributed by atoms with E-state index < -0.39 is 24.1 Å². The summed E-state index contributed by atoms with van der Waals surface area (Å²) in [4.78, 5) is 23.7. The Bertz CT molecular complexity index is 766. The standard InChI is InChI=1S/C16H18N2O7/c1-8-10(14(19)20)11(9-5-4-6-18(23)7-9)12(15(21)22)13(17-8)16(24-2)25-3/h4-7,11,16-17H,1-3H3,(H,19,20)(H,21,22). The van der Waals surface area contributed by atoms with Gasteiger partial charge in [-0.2, -0.15) is 4.73 Å². The van der Waals surface area contributed by atoms with Crippen LogP contribution in [0, 0.1) is 5.21 Å². The van der Waals surface area contributed by atoms with Gasteiger partial charge in [0.1, 0.15) is 0 Å². The third-order valence-corrected chi connectivity index (χ3v) is 3.85. The summed E-state index contributed by atoms with van der Waals surface area (Å²) in [7, 11) is 2.66. The molecule has 0 aromatic carbocycles. The van der Waals surface area contributed by atoms with E-state index in [0.717, 1.165) is 6.20 Å². The van der Waals surface area contributed by atoms with Gasteiger partial charge in [0.2, 0.25) is 0 Å². The number of nitrogens with zero attached hydrogens (tertiary/aromatic N) is 1. The van der Waals surface area contributed by atoms with Crippen molar-refractivity contribution in [1.29, 1.82) is 0 Å². The van der Waals surface area contributed by atoms with Gasteiger partial charge < -0.3 is 30.2 Å². The predicted molar refractivity (Wildman–Crippen MR) is 84.1 cm³/mol. The van der Waals surface area contributed by atoms with Gasteiger partial charge in [-0.1, -0.05) is 0 Å². The van der Waals surface area contributed by atoms with Crippen molar-refractivity contribution in [2.75, 3.05) is 14.2 Å². The molecule has 0 saturated heterocycles. The topological polar surface area (TPSA) is 132 Å². The first kappa shape index (κ1) is 18.4. The van der Waals surface area contributed by atoms with Crippen LogP contribution in [0.5, 0.6) is 0 Å². The van der Waals surface area contributed by atoms with E-state index in [1.807, 2.05) is 0 Å². The summed E-state index contributed by atoms with van der Waals surface area (Å²) in [5.41, 5.74) is 0.113. The summed E-state index contributed by atoms with van der Waals surface area (Å²) in [5.74, 6) is -3.81. The van der Waals surface area contributed by atoms with Gasteiger partial charge in [-0.05, 0) is 13.0 Å². The zero-order chi connectivity index (χ0) is 18.7. The van der Waals surface area contributed by atoms with Crippen LogP contribution >= 0.6 is 0 Å². The van der Waals surface area contributed by atoms with Crippen molar-refractivity contribution >= 4 is 11.9 Å². The lowest BCUT2D eigenvalue weighted by Gasteiger charge is -2.31. The first-order chi connectivity index (χ1) is 11.8. The largest absolute Gasteiger partial charge is 0.619 e. The predicted octanol–water partition coefficient (Wildman–Crippen LogP) is 0.323. The van der Waals surface area contributed by atoms with Crippen molar-refractivity contribution in [3.05, 3.63) is 57.8 Å². The molecule has 0 fully saturated rings. The second-order valence-corrected chi connectivity index (χ2v) is 5.33. The molecule has 2 heterocycles. The first-order valence-electron chi connectivity index (χ1n) is 7.24. The van der Waals surface area contributed by atoms with Crippen LogP contribution in [0.4, 0.5) is 0 Å². The molecule has 25 heavy (non-hydrogen) atoms. The van der Waals surface area contributed by atoms with E-state index in [9.17, 15) is 25.0 Å². The van der Waals surface area contributed by atoms with Crippen LogP contribution in [0.2, 0.25) is 0 Å². The number of dihydropyridines is 1. The molecule has 1 aliphatic heterocycles. The van der Waals surface area contributed by atoms with Crippen LogP contribution in [0.25, 0.3) is 0 Å². The van der Waals surface area contributed by atoms with Crippen LogP contribution in [-0.4, -0.2) is 42.7 Å².